The Bertz CT molecular complexity index is 1140. The van der Waals surface area contributed by atoms with Crippen LogP contribution in [0.1, 0.15) is 24.5 Å². The monoisotopic (exact) mass is 390 g/mol. The summed E-state index contributed by atoms with van der Waals surface area (Å²) < 4.78 is 43.3. The number of rotatable bonds is 3. The molecule has 1 saturated heterocycles. The van der Waals surface area contributed by atoms with Crippen LogP contribution in [0.4, 0.5) is 4.39 Å². The highest BCUT2D eigenvalue weighted by atomic mass is 32.2. The second-order valence-electron chi connectivity index (χ2n) is 6.70. The number of halogens is 1. The highest BCUT2D eigenvalue weighted by molar-refractivity contribution is 7.89. The molecule has 0 saturated carbocycles. The van der Waals surface area contributed by atoms with Crippen LogP contribution in [-0.2, 0) is 17.1 Å². The van der Waals surface area contributed by atoms with Crippen LogP contribution >= 0.6 is 0 Å². The van der Waals surface area contributed by atoms with E-state index in [-0.39, 0.29) is 16.4 Å². The largest absolute Gasteiger partial charge is 0.333 e. The second kappa shape index (κ2) is 6.58. The molecule has 7 nitrogen and oxygen atoms in total. The van der Waals surface area contributed by atoms with E-state index in [4.69, 9.17) is 0 Å². The van der Waals surface area contributed by atoms with Crippen LogP contribution in [0, 0.1) is 5.82 Å². The number of nitrogens with zero attached hydrogens (tertiary/aromatic N) is 4. The van der Waals surface area contributed by atoms with Crippen LogP contribution in [0.3, 0.4) is 0 Å². The molecule has 1 aromatic carbocycles. The van der Waals surface area contributed by atoms with Crippen LogP contribution in [0.25, 0.3) is 5.65 Å². The molecule has 3 heterocycles. The fourth-order valence-corrected chi connectivity index (χ4v) is 5.15. The first-order valence-corrected chi connectivity index (χ1v) is 10.1. The SMILES string of the molecule is Cn1c(C2CCN(S(=O)(=O)c3ccc(F)cc3)CC2)cc(=O)n2nccc12. The molecule has 0 radical (unpaired) electrons. The third-order valence-corrected chi connectivity index (χ3v) is 7.07. The molecule has 2 aromatic heterocycles. The molecule has 142 valence electrons. The Hall–Kier alpha value is -2.52. The molecular formula is C18H19FN4O3S. The van der Waals surface area contributed by atoms with Gasteiger partial charge in [0.25, 0.3) is 5.56 Å². The Balaban J connectivity index is 1.56. The molecule has 0 bridgehead atoms. The summed E-state index contributed by atoms with van der Waals surface area (Å²) in [7, 11) is -1.76. The molecule has 0 aliphatic carbocycles. The van der Waals surface area contributed by atoms with Crippen LogP contribution in [0.2, 0.25) is 0 Å². The summed E-state index contributed by atoms with van der Waals surface area (Å²) in [6, 6.07) is 8.22. The molecule has 1 aliphatic heterocycles. The van der Waals surface area contributed by atoms with E-state index in [1.54, 1.807) is 18.3 Å². The minimum Gasteiger partial charge on any atom is -0.333 e. The van der Waals surface area contributed by atoms with Gasteiger partial charge in [-0.15, -0.1) is 0 Å². The number of sulfonamides is 1. The van der Waals surface area contributed by atoms with Crippen LogP contribution in [0.15, 0.2) is 52.3 Å². The number of benzene rings is 1. The molecule has 0 spiro atoms. The van der Waals surface area contributed by atoms with Gasteiger partial charge in [-0.05, 0) is 37.1 Å². The van der Waals surface area contributed by atoms with Crippen molar-refractivity contribution in [1.82, 2.24) is 18.5 Å². The Morgan fingerprint density at radius 2 is 1.78 bits per heavy atom. The zero-order valence-electron chi connectivity index (χ0n) is 14.7. The van der Waals surface area contributed by atoms with E-state index in [0.717, 1.165) is 17.8 Å². The highest BCUT2D eigenvalue weighted by Gasteiger charge is 2.31. The average Bonchev–Trinajstić information content (AvgIpc) is 3.16. The van der Waals surface area contributed by atoms with Crippen LogP contribution in [-0.4, -0.2) is 40.0 Å². The van der Waals surface area contributed by atoms with Gasteiger partial charge in [0.1, 0.15) is 11.5 Å². The Morgan fingerprint density at radius 1 is 1.11 bits per heavy atom. The maximum absolute atomic E-state index is 13.1. The van der Waals surface area contributed by atoms with Gasteiger partial charge in [0.2, 0.25) is 10.0 Å². The number of hydrogen-bond donors (Lipinski definition) is 0. The molecule has 1 aliphatic rings. The first-order chi connectivity index (χ1) is 12.9. The number of piperidine rings is 1. The lowest BCUT2D eigenvalue weighted by molar-refractivity contribution is 0.313. The second-order valence-corrected chi connectivity index (χ2v) is 8.64. The third kappa shape index (κ3) is 3.06. The summed E-state index contributed by atoms with van der Waals surface area (Å²) in [5, 5.41) is 4.02. The van der Waals surface area contributed by atoms with E-state index in [9.17, 15) is 17.6 Å². The number of aryl methyl sites for hydroxylation is 1. The van der Waals surface area contributed by atoms with Gasteiger partial charge in [-0.2, -0.15) is 13.9 Å². The summed E-state index contributed by atoms with van der Waals surface area (Å²) in [5.74, 6) is -0.383. The Morgan fingerprint density at radius 3 is 2.44 bits per heavy atom. The number of hydrogen-bond acceptors (Lipinski definition) is 4. The van der Waals surface area contributed by atoms with Gasteiger partial charge < -0.3 is 4.57 Å². The predicted molar refractivity (Wildman–Crippen MR) is 97.6 cm³/mol. The van der Waals surface area contributed by atoms with E-state index in [0.29, 0.717) is 31.6 Å². The van der Waals surface area contributed by atoms with Crippen molar-refractivity contribution in [3.05, 3.63) is 64.5 Å². The van der Waals surface area contributed by atoms with E-state index in [1.165, 1.54) is 21.0 Å². The van der Waals surface area contributed by atoms with Crippen molar-refractivity contribution in [2.45, 2.75) is 23.7 Å². The molecule has 0 unspecified atom stereocenters. The van der Waals surface area contributed by atoms with E-state index in [1.807, 2.05) is 11.6 Å². The zero-order valence-corrected chi connectivity index (χ0v) is 15.6. The van der Waals surface area contributed by atoms with Crippen molar-refractivity contribution in [3.63, 3.8) is 0 Å². The molecule has 0 N–H and O–H groups in total. The molecule has 27 heavy (non-hydrogen) atoms. The van der Waals surface area contributed by atoms with E-state index >= 15 is 0 Å². The molecular weight excluding hydrogens is 371 g/mol. The van der Waals surface area contributed by atoms with Crippen molar-refractivity contribution in [3.8, 4) is 0 Å². The van der Waals surface area contributed by atoms with Gasteiger partial charge in [-0.3, -0.25) is 4.79 Å². The maximum Gasteiger partial charge on any atom is 0.274 e. The zero-order chi connectivity index (χ0) is 19.2. The first-order valence-electron chi connectivity index (χ1n) is 8.67. The molecule has 1 fully saturated rings. The summed E-state index contributed by atoms with van der Waals surface area (Å²) in [4.78, 5) is 12.3. The lowest BCUT2D eigenvalue weighted by atomic mass is 9.94. The number of aromatic nitrogens is 3. The smallest absolute Gasteiger partial charge is 0.274 e. The minimum absolute atomic E-state index is 0.0854. The lowest BCUT2D eigenvalue weighted by Gasteiger charge is -2.32. The molecule has 0 atom stereocenters. The standard InChI is InChI=1S/C18H19FN4O3S/c1-21-16(12-18(24)23-17(21)6-9-20-23)13-7-10-22(11-8-13)27(25,26)15-4-2-14(19)3-5-15/h2-6,9,12-13H,7-8,10-11H2,1H3. The van der Waals surface area contributed by atoms with Crippen molar-refractivity contribution < 1.29 is 12.8 Å². The Labute approximate surface area is 155 Å². The maximum atomic E-state index is 13.1. The van der Waals surface area contributed by atoms with Gasteiger partial charge in [0.05, 0.1) is 11.1 Å². The topological polar surface area (TPSA) is 76.7 Å². The number of fused-ring (bicyclic) bond motifs is 1. The van der Waals surface area contributed by atoms with Crippen LogP contribution < -0.4 is 5.56 Å². The lowest BCUT2D eigenvalue weighted by Crippen LogP contribution is -2.38. The minimum atomic E-state index is -3.64. The van der Waals surface area contributed by atoms with Crippen molar-refractivity contribution in [2.24, 2.45) is 7.05 Å². The quantitative estimate of drug-likeness (QED) is 0.683. The summed E-state index contributed by atoms with van der Waals surface area (Å²) in [6.07, 6.45) is 2.80. The molecule has 9 heteroatoms. The fourth-order valence-electron chi connectivity index (χ4n) is 3.68. The van der Waals surface area contributed by atoms with Crippen molar-refractivity contribution in [2.75, 3.05) is 13.1 Å². The third-order valence-electron chi connectivity index (χ3n) is 5.16. The molecule has 4 rings (SSSR count). The first kappa shape index (κ1) is 17.9. The Kier molecular flexibility index (Phi) is 4.35. The summed E-state index contributed by atoms with van der Waals surface area (Å²) >= 11 is 0. The fraction of sp³-hybridized carbons (Fsp3) is 0.333. The summed E-state index contributed by atoms with van der Waals surface area (Å²) in [6.45, 7) is 0.700. The highest BCUT2D eigenvalue weighted by Crippen LogP contribution is 2.30. The van der Waals surface area contributed by atoms with Gasteiger partial charge in [-0.1, -0.05) is 0 Å². The molecule has 3 aromatic rings. The van der Waals surface area contributed by atoms with Gasteiger partial charge in [-0.25, -0.2) is 12.8 Å². The predicted octanol–water partition coefficient (Wildman–Crippen LogP) is 1.74. The van der Waals surface area contributed by atoms with Gasteiger partial charge in [0, 0.05) is 43.9 Å². The van der Waals surface area contributed by atoms with Gasteiger partial charge in [0.15, 0.2) is 0 Å². The van der Waals surface area contributed by atoms with Crippen molar-refractivity contribution in [1.29, 1.82) is 0 Å². The van der Waals surface area contributed by atoms with Crippen LogP contribution in [0.5, 0.6) is 0 Å². The van der Waals surface area contributed by atoms with E-state index in [2.05, 4.69) is 5.10 Å². The van der Waals surface area contributed by atoms with Gasteiger partial charge >= 0.3 is 0 Å². The average molecular weight is 390 g/mol. The summed E-state index contributed by atoms with van der Waals surface area (Å²) in [5.41, 5.74) is 1.40. The molecule has 0 amide bonds. The van der Waals surface area contributed by atoms with Crippen molar-refractivity contribution >= 4 is 15.7 Å². The van der Waals surface area contributed by atoms with E-state index < -0.39 is 15.8 Å². The normalized spacial score (nSPS) is 16.8.